The number of benzene rings is 3. The second-order valence-corrected chi connectivity index (χ2v) is 10.3. The monoisotopic (exact) mass is 432 g/mol. The SMILES string of the molecule is Cc1ccc(S(=O)(=O)N[C@H]2c3cccc4cccc(c34)[C@H]2Sc2ccccn2)cc1. The zero-order valence-electron chi connectivity index (χ0n) is 16.3. The summed E-state index contributed by atoms with van der Waals surface area (Å²) >= 11 is 1.59. The molecule has 0 bridgehead atoms. The average molecular weight is 433 g/mol. The topological polar surface area (TPSA) is 59.1 Å². The second kappa shape index (κ2) is 7.54. The number of aromatic nitrogens is 1. The van der Waals surface area contributed by atoms with E-state index in [4.69, 9.17) is 0 Å². The van der Waals surface area contributed by atoms with Gasteiger partial charge in [0.05, 0.1) is 21.2 Å². The van der Waals surface area contributed by atoms with E-state index in [1.165, 1.54) is 0 Å². The van der Waals surface area contributed by atoms with Crippen molar-refractivity contribution in [3.05, 3.63) is 102 Å². The van der Waals surface area contributed by atoms with Gasteiger partial charge in [-0.2, -0.15) is 0 Å². The zero-order chi connectivity index (χ0) is 20.7. The first-order valence-electron chi connectivity index (χ1n) is 9.71. The van der Waals surface area contributed by atoms with E-state index >= 15 is 0 Å². The van der Waals surface area contributed by atoms with Crippen molar-refractivity contribution in [2.75, 3.05) is 0 Å². The van der Waals surface area contributed by atoms with Crippen LogP contribution in [0.25, 0.3) is 10.8 Å². The van der Waals surface area contributed by atoms with Gasteiger partial charge in [0.2, 0.25) is 10.0 Å². The Kier molecular flexibility index (Phi) is 4.85. The maximum absolute atomic E-state index is 13.2. The highest BCUT2D eigenvalue weighted by atomic mass is 32.2. The number of hydrogen-bond acceptors (Lipinski definition) is 4. The summed E-state index contributed by atoms with van der Waals surface area (Å²) in [5, 5.41) is 3.01. The van der Waals surface area contributed by atoms with Crippen LogP contribution in [-0.4, -0.2) is 13.4 Å². The quantitative estimate of drug-likeness (QED) is 0.458. The van der Waals surface area contributed by atoms with E-state index in [0.717, 1.165) is 32.5 Å². The van der Waals surface area contributed by atoms with Crippen LogP contribution in [0.15, 0.2) is 95.0 Å². The van der Waals surface area contributed by atoms with E-state index in [0.29, 0.717) is 0 Å². The van der Waals surface area contributed by atoms with Crippen molar-refractivity contribution in [1.29, 1.82) is 0 Å². The van der Waals surface area contributed by atoms with Crippen LogP contribution in [0.3, 0.4) is 0 Å². The van der Waals surface area contributed by atoms with E-state index in [2.05, 4.69) is 27.9 Å². The van der Waals surface area contributed by atoms with E-state index in [9.17, 15) is 8.42 Å². The predicted molar refractivity (Wildman–Crippen MR) is 121 cm³/mol. The Balaban J connectivity index is 1.59. The van der Waals surface area contributed by atoms with Gasteiger partial charge in [-0.15, -0.1) is 0 Å². The molecule has 2 atom stereocenters. The summed E-state index contributed by atoms with van der Waals surface area (Å²) in [4.78, 5) is 4.73. The fourth-order valence-corrected chi connectivity index (χ4v) is 6.52. The van der Waals surface area contributed by atoms with Gasteiger partial charge in [0.25, 0.3) is 0 Å². The van der Waals surface area contributed by atoms with Crippen molar-refractivity contribution >= 4 is 32.6 Å². The Labute approximate surface area is 180 Å². The summed E-state index contributed by atoms with van der Waals surface area (Å²) in [6, 6.07) is 24.6. The largest absolute Gasteiger partial charge is 0.250 e. The molecular weight excluding hydrogens is 412 g/mol. The van der Waals surface area contributed by atoms with Crippen LogP contribution < -0.4 is 4.72 Å². The molecule has 1 heterocycles. The third kappa shape index (κ3) is 3.41. The average Bonchev–Trinajstić information content (AvgIpc) is 3.04. The summed E-state index contributed by atoms with van der Waals surface area (Å²) in [5.74, 6) is 0. The standard InChI is InChI=1S/C24H20N2O2S2/c1-16-11-13-18(14-12-16)30(27,28)26-23-19-8-4-6-17-7-5-9-20(22(17)19)24(23)29-21-10-2-3-15-25-21/h2-15,23-24,26H,1H3/t23-,24+/m0/s1. The number of aryl methyl sites for hydroxylation is 1. The normalized spacial score (nSPS) is 18.0. The zero-order valence-corrected chi connectivity index (χ0v) is 18.0. The molecule has 0 saturated carbocycles. The number of nitrogens with zero attached hydrogens (tertiary/aromatic N) is 1. The number of nitrogens with one attached hydrogen (secondary N) is 1. The van der Waals surface area contributed by atoms with Gasteiger partial charge in [-0.05, 0) is 53.1 Å². The minimum Gasteiger partial charge on any atom is -0.250 e. The van der Waals surface area contributed by atoms with Gasteiger partial charge in [0.15, 0.2) is 0 Å². The molecule has 4 nitrogen and oxygen atoms in total. The summed E-state index contributed by atoms with van der Waals surface area (Å²) in [6.07, 6.45) is 1.76. The minimum absolute atomic E-state index is 0.110. The van der Waals surface area contributed by atoms with Gasteiger partial charge >= 0.3 is 0 Å². The highest BCUT2D eigenvalue weighted by molar-refractivity contribution is 7.99. The van der Waals surface area contributed by atoms with Gasteiger partial charge in [-0.25, -0.2) is 18.1 Å². The molecular formula is C24H20N2O2S2. The molecule has 150 valence electrons. The van der Waals surface area contributed by atoms with Crippen molar-refractivity contribution in [3.8, 4) is 0 Å². The molecule has 1 aliphatic rings. The lowest BCUT2D eigenvalue weighted by Gasteiger charge is -2.22. The number of pyridine rings is 1. The summed E-state index contributed by atoms with van der Waals surface area (Å²) in [6.45, 7) is 1.94. The van der Waals surface area contributed by atoms with Gasteiger partial charge in [0.1, 0.15) is 0 Å². The highest BCUT2D eigenvalue weighted by Gasteiger charge is 2.38. The molecule has 0 unspecified atom stereocenters. The third-order valence-electron chi connectivity index (χ3n) is 5.41. The molecule has 30 heavy (non-hydrogen) atoms. The Bertz CT molecular complexity index is 1320. The Hall–Kier alpha value is -2.67. The maximum atomic E-state index is 13.2. The summed E-state index contributed by atoms with van der Waals surface area (Å²) in [5.41, 5.74) is 3.16. The molecule has 6 heteroatoms. The van der Waals surface area contributed by atoms with Crippen LogP contribution >= 0.6 is 11.8 Å². The van der Waals surface area contributed by atoms with Gasteiger partial charge < -0.3 is 0 Å². The van der Waals surface area contributed by atoms with Crippen molar-refractivity contribution in [1.82, 2.24) is 9.71 Å². The fraction of sp³-hybridized carbons (Fsp3) is 0.125. The van der Waals surface area contributed by atoms with Gasteiger partial charge in [-0.1, -0.05) is 71.9 Å². The van der Waals surface area contributed by atoms with Crippen molar-refractivity contribution in [3.63, 3.8) is 0 Å². The highest BCUT2D eigenvalue weighted by Crippen LogP contribution is 2.53. The van der Waals surface area contributed by atoms with Crippen molar-refractivity contribution in [2.24, 2.45) is 0 Å². The first-order chi connectivity index (χ1) is 14.5. The van der Waals surface area contributed by atoms with E-state index < -0.39 is 10.0 Å². The van der Waals surface area contributed by atoms with Crippen LogP contribution in [-0.2, 0) is 10.0 Å². The van der Waals surface area contributed by atoms with E-state index in [1.807, 2.05) is 55.5 Å². The molecule has 0 fully saturated rings. The molecule has 1 aliphatic carbocycles. The molecule has 0 aliphatic heterocycles. The van der Waals surface area contributed by atoms with E-state index in [-0.39, 0.29) is 16.2 Å². The number of thioether (sulfide) groups is 1. The third-order valence-corrected chi connectivity index (χ3v) is 8.13. The Morgan fingerprint density at radius 3 is 2.30 bits per heavy atom. The van der Waals surface area contributed by atoms with Crippen molar-refractivity contribution in [2.45, 2.75) is 28.1 Å². The van der Waals surface area contributed by atoms with Crippen molar-refractivity contribution < 1.29 is 8.42 Å². The lowest BCUT2D eigenvalue weighted by Crippen LogP contribution is -2.30. The first-order valence-corrected chi connectivity index (χ1v) is 12.1. The molecule has 4 aromatic rings. The van der Waals surface area contributed by atoms with Crippen LogP contribution in [0, 0.1) is 6.92 Å². The van der Waals surface area contributed by atoms with E-state index in [1.54, 1.807) is 30.1 Å². The molecule has 0 amide bonds. The lowest BCUT2D eigenvalue weighted by atomic mass is 10.1. The summed E-state index contributed by atoms with van der Waals surface area (Å²) in [7, 11) is -3.68. The smallest absolute Gasteiger partial charge is 0.241 e. The van der Waals surface area contributed by atoms with Crippen LogP contribution in [0.4, 0.5) is 0 Å². The maximum Gasteiger partial charge on any atom is 0.241 e. The van der Waals surface area contributed by atoms with Gasteiger partial charge in [-0.3, -0.25) is 0 Å². The van der Waals surface area contributed by atoms with Gasteiger partial charge in [0, 0.05) is 6.20 Å². The first kappa shape index (κ1) is 19.3. The molecule has 1 aromatic heterocycles. The Morgan fingerprint density at radius 1 is 0.867 bits per heavy atom. The molecule has 3 aromatic carbocycles. The fourth-order valence-electron chi connectivity index (χ4n) is 4.00. The molecule has 0 saturated heterocycles. The van der Waals surface area contributed by atoms with Crippen LogP contribution in [0.2, 0.25) is 0 Å². The number of sulfonamides is 1. The molecule has 1 N–H and O–H groups in total. The molecule has 0 spiro atoms. The summed E-state index contributed by atoms with van der Waals surface area (Å²) < 4.78 is 29.5. The predicted octanol–water partition coefficient (Wildman–Crippen LogP) is 5.41. The van der Waals surface area contributed by atoms with Crippen LogP contribution in [0.1, 0.15) is 28.0 Å². The number of hydrogen-bond donors (Lipinski definition) is 1. The Morgan fingerprint density at radius 2 is 1.60 bits per heavy atom. The lowest BCUT2D eigenvalue weighted by molar-refractivity contribution is 0.557. The van der Waals surface area contributed by atoms with Crippen LogP contribution in [0.5, 0.6) is 0 Å². The second-order valence-electron chi connectivity index (χ2n) is 7.41. The number of rotatable bonds is 5. The molecule has 5 rings (SSSR count). The minimum atomic E-state index is -3.68. The molecule has 0 radical (unpaired) electrons.